The van der Waals surface area contributed by atoms with Crippen LogP contribution in [0.4, 0.5) is 4.79 Å². The summed E-state index contributed by atoms with van der Waals surface area (Å²) in [5.74, 6) is -0.439. The van der Waals surface area contributed by atoms with Crippen molar-refractivity contribution in [3.63, 3.8) is 0 Å². The predicted octanol–water partition coefficient (Wildman–Crippen LogP) is 2.53. The van der Waals surface area contributed by atoms with Crippen molar-refractivity contribution < 1.29 is 14.4 Å². The van der Waals surface area contributed by atoms with Gasteiger partial charge in [-0.1, -0.05) is 60.3 Å². The van der Waals surface area contributed by atoms with Crippen molar-refractivity contribution in [1.29, 1.82) is 0 Å². The van der Waals surface area contributed by atoms with Gasteiger partial charge in [-0.15, -0.1) is 0 Å². The molecule has 0 bridgehead atoms. The van der Waals surface area contributed by atoms with E-state index in [0.717, 1.165) is 15.9 Å². The normalized spacial score (nSPS) is 18.5. The molecule has 1 atom stereocenters. The Kier molecular flexibility index (Phi) is 5.13. The largest absolute Gasteiger partial charge is 0.344 e. The second-order valence-electron chi connectivity index (χ2n) is 6.98. The number of nitrogens with zero attached hydrogens (tertiary/aromatic N) is 3. The number of carbonyl (C=O) groups excluding carboxylic acids is 3. The Morgan fingerprint density at radius 3 is 2.57 bits per heavy atom. The third-order valence-electron chi connectivity index (χ3n) is 4.80. The molecule has 8 nitrogen and oxygen atoms in total. The first-order chi connectivity index (χ1) is 14.4. The number of rotatable bonds is 5. The fraction of sp³-hybridized carbons (Fsp3) is 0.190. The van der Waals surface area contributed by atoms with Crippen LogP contribution in [0.2, 0.25) is 0 Å². The Labute approximate surface area is 177 Å². The summed E-state index contributed by atoms with van der Waals surface area (Å²) in [5.41, 5.74) is 2.60. The van der Waals surface area contributed by atoms with Gasteiger partial charge in [-0.3, -0.25) is 15.0 Å². The number of benzene rings is 2. The lowest BCUT2D eigenvalue weighted by Crippen LogP contribution is -2.48. The molecular weight excluding hydrogens is 402 g/mol. The van der Waals surface area contributed by atoms with E-state index in [1.165, 1.54) is 11.8 Å². The Bertz CT molecular complexity index is 1150. The number of carbonyl (C=O) groups is 3. The van der Waals surface area contributed by atoms with Crippen LogP contribution in [-0.4, -0.2) is 38.6 Å². The lowest BCUT2D eigenvalue weighted by Gasteiger charge is -2.22. The molecule has 1 saturated heterocycles. The lowest BCUT2D eigenvalue weighted by atomic mass is 9.92. The number of fused-ring (bicyclic) bond motifs is 1. The zero-order valence-electron chi connectivity index (χ0n) is 16.4. The summed E-state index contributed by atoms with van der Waals surface area (Å²) in [6.07, 6.45) is 0. The number of hydrazine groups is 1. The van der Waals surface area contributed by atoms with Gasteiger partial charge in [0.25, 0.3) is 5.91 Å². The highest BCUT2D eigenvalue weighted by Crippen LogP contribution is 2.28. The second kappa shape index (κ2) is 7.75. The van der Waals surface area contributed by atoms with Crippen LogP contribution in [0.15, 0.2) is 59.6 Å². The van der Waals surface area contributed by atoms with Gasteiger partial charge in [-0.25, -0.2) is 14.8 Å². The van der Waals surface area contributed by atoms with E-state index in [1.54, 1.807) is 38.1 Å². The molecule has 2 aromatic carbocycles. The Morgan fingerprint density at radius 2 is 1.80 bits per heavy atom. The molecule has 1 aliphatic heterocycles. The first kappa shape index (κ1) is 19.8. The first-order valence-electron chi connectivity index (χ1n) is 9.26. The molecule has 1 aromatic heterocycles. The van der Waals surface area contributed by atoms with Crippen molar-refractivity contribution in [1.82, 2.24) is 25.7 Å². The van der Waals surface area contributed by atoms with E-state index in [2.05, 4.69) is 20.7 Å². The molecule has 1 unspecified atom stereocenters. The van der Waals surface area contributed by atoms with Gasteiger partial charge in [0.1, 0.15) is 16.4 Å². The molecule has 2 N–H and O–H groups in total. The van der Waals surface area contributed by atoms with Gasteiger partial charge in [0, 0.05) is 5.39 Å². The Hall–Kier alpha value is -3.46. The third-order valence-corrected chi connectivity index (χ3v) is 5.79. The summed E-state index contributed by atoms with van der Waals surface area (Å²) in [5, 5.41) is 4.89. The number of nitrogens with one attached hydrogen (secondary N) is 2. The monoisotopic (exact) mass is 421 g/mol. The molecule has 1 fully saturated rings. The number of aryl methyl sites for hydroxylation is 1. The van der Waals surface area contributed by atoms with Gasteiger partial charge in [-0.2, -0.15) is 5.01 Å². The molecule has 1 aliphatic rings. The Balaban J connectivity index is 1.46. The van der Waals surface area contributed by atoms with Crippen LogP contribution in [-0.2, 0) is 15.1 Å². The highest BCUT2D eigenvalue weighted by atomic mass is 32.2. The number of urea groups is 1. The van der Waals surface area contributed by atoms with Gasteiger partial charge in [0.15, 0.2) is 0 Å². The van der Waals surface area contributed by atoms with E-state index in [4.69, 9.17) is 0 Å². The summed E-state index contributed by atoms with van der Waals surface area (Å²) in [6, 6.07) is 15.8. The van der Waals surface area contributed by atoms with Crippen LogP contribution < -0.4 is 10.7 Å². The molecule has 3 aromatic rings. The van der Waals surface area contributed by atoms with E-state index in [-0.39, 0.29) is 5.75 Å². The maximum Gasteiger partial charge on any atom is 0.344 e. The first-order valence-corrected chi connectivity index (χ1v) is 10.2. The molecule has 0 aliphatic carbocycles. The van der Waals surface area contributed by atoms with Crippen molar-refractivity contribution in [2.75, 3.05) is 5.75 Å². The van der Waals surface area contributed by atoms with E-state index in [0.29, 0.717) is 16.4 Å². The average Bonchev–Trinajstić information content (AvgIpc) is 2.96. The molecule has 0 saturated carbocycles. The fourth-order valence-corrected chi connectivity index (χ4v) is 4.12. The number of hydrogen-bond donors (Lipinski definition) is 2. The SMILES string of the molecule is Cc1nc(SCC(=O)NN2C(=O)NC(C)(c3ccccc3)C2=O)c2ccccc2n1. The molecule has 9 heteroatoms. The summed E-state index contributed by atoms with van der Waals surface area (Å²) >= 11 is 1.22. The maximum absolute atomic E-state index is 12.9. The molecule has 0 radical (unpaired) electrons. The second-order valence-corrected chi connectivity index (χ2v) is 7.94. The molecular formula is C21H19N5O3S. The van der Waals surface area contributed by atoms with Crippen molar-refractivity contribution in [3.8, 4) is 0 Å². The number of aromatic nitrogens is 2. The quantitative estimate of drug-likeness (QED) is 0.373. The molecule has 0 spiro atoms. The van der Waals surface area contributed by atoms with Crippen molar-refractivity contribution in [2.24, 2.45) is 0 Å². The van der Waals surface area contributed by atoms with Crippen molar-refractivity contribution >= 4 is 40.5 Å². The van der Waals surface area contributed by atoms with Gasteiger partial charge < -0.3 is 5.32 Å². The number of amides is 4. The molecule has 30 heavy (non-hydrogen) atoms. The zero-order valence-corrected chi connectivity index (χ0v) is 17.2. The summed E-state index contributed by atoms with van der Waals surface area (Å²) < 4.78 is 0. The van der Waals surface area contributed by atoms with Crippen molar-refractivity contribution in [2.45, 2.75) is 24.4 Å². The summed E-state index contributed by atoms with van der Waals surface area (Å²) in [4.78, 5) is 46.5. The summed E-state index contributed by atoms with van der Waals surface area (Å²) in [7, 11) is 0. The number of hydrogen-bond acceptors (Lipinski definition) is 6. The lowest BCUT2D eigenvalue weighted by molar-refractivity contribution is -0.138. The van der Waals surface area contributed by atoms with Gasteiger partial charge in [-0.05, 0) is 25.5 Å². The third kappa shape index (κ3) is 3.59. The van der Waals surface area contributed by atoms with Gasteiger partial charge in [0.05, 0.1) is 11.3 Å². The van der Waals surface area contributed by atoms with Crippen LogP contribution in [0.5, 0.6) is 0 Å². The standard InChI is InChI=1S/C21H19N5O3S/c1-13-22-16-11-7-6-10-15(16)18(23-13)30-12-17(27)25-26-19(28)21(2,24-20(26)29)14-8-4-3-5-9-14/h3-11H,12H2,1-2H3,(H,24,29)(H,25,27). The minimum Gasteiger partial charge on any atom is -0.318 e. The minimum absolute atomic E-state index is 0.0143. The fourth-order valence-electron chi connectivity index (χ4n) is 3.27. The van der Waals surface area contributed by atoms with Gasteiger partial charge in [0.2, 0.25) is 5.91 Å². The number of para-hydroxylation sites is 1. The molecule has 4 rings (SSSR count). The van der Waals surface area contributed by atoms with E-state index < -0.39 is 23.4 Å². The number of imide groups is 1. The van der Waals surface area contributed by atoms with Crippen LogP contribution in [0.3, 0.4) is 0 Å². The van der Waals surface area contributed by atoms with Crippen LogP contribution in [0, 0.1) is 6.92 Å². The molecule has 4 amide bonds. The van der Waals surface area contributed by atoms with Crippen LogP contribution in [0.25, 0.3) is 10.9 Å². The van der Waals surface area contributed by atoms with E-state index in [1.807, 2.05) is 30.3 Å². The summed E-state index contributed by atoms with van der Waals surface area (Å²) in [6.45, 7) is 3.40. The highest BCUT2D eigenvalue weighted by molar-refractivity contribution is 8.00. The van der Waals surface area contributed by atoms with Crippen molar-refractivity contribution in [3.05, 3.63) is 66.0 Å². The van der Waals surface area contributed by atoms with E-state index >= 15 is 0 Å². The average molecular weight is 421 g/mol. The van der Waals surface area contributed by atoms with Gasteiger partial charge >= 0.3 is 6.03 Å². The Morgan fingerprint density at radius 1 is 1.10 bits per heavy atom. The maximum atomic E-state index is 12.9. The topological polar surface area (TPSA) is 104 Å². The highest BCUT2D eigenvalue weighted by Gasteiger charge is 2.49. The molecule has 152 valence electrons. The van der Waals surface area contributed by atoms with Crippen LogP contribution >= 0.6 is 11.8 Å². The smallest absolute Gasteiger partial charge is 0.318 e. The number of thioether (sulfide) groups is 1. The van der Waals surface area contributed by atoms with Crippen LogP contribution in [0.1, 0.15) is 18.3 Å². The van der Waals surface area contributed by atoms with E-state index in [9.17, 15) is 14.4 Å². The molecule has 2 heterocycles. The zero-order chi connectivity index (χ0) is 21.3. The minimum atomic E-state index is -1.24. The predicted molar refractivity (Wildman–Crippen MR) is 112 cm³/mol.